The molecule has 7 rings (SSSR count). The molecule has 0 aliphatic carbocycles. The number of carbonyl (C=O) groups excluding carboxylic acids is 2. The predicted octanol–water partition coefficient (Wildman–Crippen LogP) is 5.90. The Labute approximate surface area is 244 Å². The third kappa shape index (κ3) is 5.83. The first-order chi connectivity index (χ1) is 20.7. The number of nitrogens with zero attached hydrogens (tertiary/aromatic N) is 2. The molecule has 2 N–H and O–H groups in total. The Morgan fingerprint density at radius 2 is 1.81 bits per heavy atom. The van der Waals surface area contributed by atoms with E-state index in [4.69, 9.17) is 9.47 Å². The number of amides is 2. The SMILES string of the molecule is O=C1NCCCOc2cccc(c2)C2c3ccc(cc3CCN2C(=O)c2ccc(C(F)(F)F)nc2)Oc2ccc(O)c1c2. The van der Waals surface area contributed by atoms with E-state index < -0.39 is 29.7 Å². The van der Waals surface area contributed by atoms with Crippen molar-refractivity contribution < 1.29 is 37.3 Å². The number of alkyl halides is 3. The molecule has 1 aromatic heterocycles. The van der Waals surface area contributed by atoms with Crippen LogP contribution in [0.1, 0.15) is 55.6 Å². The number of aromatic hydroxyl groups is 1. The lowest BCUT2D eigenvalue weighted by molar-refractivity contribution is -0.141. The average molecular weight is 590 g/mol. The lowest BCUT2D eigenvalue weighted by Crippen LogP contribution is -2.40. The number of carbonyl (C=O) groups is 2. The van der Waals surface area contributed by atoms with Crippen LogP contribution in [-0.2, 0) is 12.6 Å². The van der Waals surface area contributed by atoms with Crippen LogP contribution in [0.4, 0.5) is 13.2 Å². The fraction of sp³-hybridized carbons (Fsp3) is 0.219. The molecule has 11 heteroatoms. The zero-order valence-corrected chi connectivity index (χ0v) is 22.7. The Morgan fingerprint density at radius 3 is 2.60 bits per heavy atom. The van der Waals surface area contributed by atoms with Crippen molar-refractivity contribution in [2.45, 2.75) is 25.1 Å². The Balaban J connectivity index is 1.40. The monoisotopic (exact) mass is 589 g/mol. The number of hydrogen-bond acceptors (Lipinski definition) is 6. The summed E-state index contributed by atoms with van der Waals surface area (Å²) >= 11 is 0. The minimum absolute atomic E-state index is 0.0495. The molecular weight excluding hydrogens is 563 g/mol. The highest BCUT2D eigenvalue weighted by Gasteiger charge is 2.35. The molecule has 0 saturated heterocycles. The van der Waals surface area contributed by atoms with Crippen molar-refractivity contribution in [1.29, 1.82) is 0 Å². The number of halogens is 3. The van der Waals surface area contributed by atoms with E-state index in [1.54, 1.807) is 23.1 Å². The molecule has 3 aromatic carbocycles. The standard InChI is InChI=1S/C32H26F3N3O5/c33-32(34,35)28-10-5-21(18-37-28)31(41)38-13-11-19-15-23-6-8-25(19)29(38)20-3-1-4-22(16-20)42-14-2-12-36-30(40)26-17-24(43-23)7-9-27(26)39/h1,3-10,15-18,29,39H,2,11-14H2,(H,36,40). The van der Waals surface area contributed by atoms with E-state index in [-0.39, 0.29) is 23.4 Å². The summed E-state index contributed by atoms with van der Waals surface area (Å²) in [5.74, 6) is 0.364. The molecule has 4 heterocycles. The summed E-state index contributed by atoms with van der Waals surface area (Å²) in [6.07, 6.45) is -2.70. The van der Waals surface area contributed by atoms with Crippen LogP contribution in [0.25, 0.3) is 0 Å². The second-order valence-electron chi connectivity index (χ2n) is 10.3. The highest BCUT2D eigenvalue weighted by atomic mass is 19.4. The van der Waals surface area contributed by atoms with Crippen LogP contribution < -0.4 is 14.8 Å². The summed E-state index contributed by atoms with van der Waals surface area (Å²) < 4.78 is 51.3. The number of aromatic nitrogens is 1. The zero-order valence-electron chi connectivity index (χ0n) is 22.7. The van der Waals surface area contributed by atoms with Gasteiger partial charge < -0.3 is 24.8 Å². The van der Waals surface area contributed by atoms with Gasteiger partial charge in [0.1, 0.15) is 28.7 Å². The van der Waals surface area contributed by atoms with Crippen LogP contribution in [0, 0.1) is 0 Å². The largest absolute Gasteiger partial charge is 0.507 e. The molecule has 1 atom stereocenters. The number of fused-ring (bicyclic) bond motifs is 6. The summed E-state index contributed by atoms with van der Waals surface area (Å²) in [5.41, 5.74) is 1.57. The fourth-order valence-corrected chi connectivity index (χ4v) is 5.33. The maximum atomic E-state index is 13.7. The summed E-state index contributed by atoms with van der Waals surface area (Å²) in [4.78, 5) is 31.6. The maximum absolute atomic E-state index is 13.7. The molecule has 0 spiro atoms. The molecule has 3 aliphatic rings. The van der Waals surface area contributed by atoms with Crippen molar-refractivity contribution in [2.24, 2.45) is 0 Å². The lowest BCUT2D eigenvalue weighted by atomic mass is 9.87. The third-order valence-electron chi connectivity index (χ3n) is 7.40. The topological polar surface area (TPSA) is 101 Å². The van der Waals surface area contributed by atoms with Crippen molar-refractivity contribution in [2.75, 3.05) is 19.7 Å². The van der Waals surface area contributed by atoms with Gasteiger partial charge in [0.05, 0.1) is 23.8 Å². The highest BCUT2D eigenvalue weighted by molar-refractivity contribution is 5.97. The number of phenolic OH excluding ortho intramolecular Hbond substituents is 1. The Hall–Kier alpha value is -5.06. The molecule has 8 bridgehead atoms. The van der Waals surface area contributed by atoms with Gasteiger partial charge in [-0.05, 0) is 84.1 Å². The van der Waals surface area contributed by atoms with Crippen LogP contribution in [0.2, 0.25) is 0 Å². The second kappa shape index (κ2) is 11.3. The number of benzene rings is 3. The Bertz CT molecular complexity index is 1690. The first-order valence-corrected chi connectivity index (χ1v) is 13.7. The third-order valence-corrected chi connectivity index (χ3v) is 7.40. The van der Waals surface area contributed by atoms with Crippen molar-refractivity contribution in [3.05, 3.63) is 113 Å². The van der Waals surface area contributed by atoms with Crippen LogP contribution in [0.3, 0.4) is 0 Å². The van der Waals surface area contributed by atoms with E-state index >= 15 is 0 Å². The quantitative estimate of drug-likeness (QED) is 0.287. The number of pyridine rings is 1. The molecule has 0 radical (unpaired) electrons. The molecule has 220 valence electrons. The lowest BCUT2D eigenvalue weighted by Gasteiger charge is -2.38. The zero-order chi connectivity index (χ0) is 30.1. The maximum Gasteiger partial charge on any atom is 0.433 e. The predicted molar refractivity (Wildman–Crippen MR) is 149 cm³/mol. The second-order valence-corrected chi connectivity index (χ2v) is 10.3. The van der Waals surface area contributed by atoms with Gasteiger partial charge in [0.2, 0.25) is 0 Å². The van der Waals surface area contributed by atoms with Gasteiger partial charge in [-0.2, -0.15) is 13.2 Å². The molecular formula is C32H26F3N3O5. The number of nitrogens with one attached hydrogen (secondary N) is 1. The van der Waals surface area contributed by atoms with Gasteiger partial charge in [-0.3, -0.25) is 14.6 Å². The normalized spacial score (nSPS) is 16.8. The molecule has 4 aromatic rings. The molecule has 1 unspecified atom stereocenters. The van der Waals surface area contributed by atoms with Gasteiger partial charge in [0.15, 0.2) is 0 Å². The summed E-state index contributed by atoms with van der Waals surface area (Å²) in [6.45, 7) is 0.887. The van der Waals surface area contributed by atoms with Crippen LogP contribution in [0.15, 0.2) is 79.0 Å². The fourth-order valence-electron chi connectivity index (χ4n) is 5.33. The first-order valence-electron chi connectivity index (χ1n) is 13.7. The Kier molecular flexibility index (Phi) is 7.39. The van der Waals surface area contributed by atoms with Gasteiger partial charge in [-0.25, -0.2) is 0 Å². The van der Waals surface area contributed by atoms with Crippen LogP contribution in [0.5, 0.6) is 23.0 Å². The molecule has 3 aliphatic heterocycles. The summed E-state index contributed by atoms with van der Waals surface area (Å²) in [7, 11) is 0. The van der Waals surface area contributed by atoms with Crippen molar-refractivity contribution >= 4 is 11.8 Å². The minimum Gasteiger partial charge on any atom is -0.507 e. The van der Waals surface area contributed by atoms with E-state index in [2.05, 4.69) is 10.3 Å². The number of ether oxygens (including phenoxy) is 2. The summed E-state index contributed by atoms with van der Waals surface area (Å²) in [6, 6.07) is 18.6. The average Bonchev–Trinajstić information content (AvgIpc) is 3.00. The van der Waals surface area contributed by atoms with E-state index in [0.29, 0.717) is 43.2 Å². The summed E-state index contributed by atoms with van der Waals surface area (Å²) in [5, 5.41) is 13.0. The van der Waals surface area contributed by atoms with Gasteiger partial charge in [0.25, 0.3) is 11.8 Å². The number of rotatable bonds is 1. The van der Waals surface area contributed by atoms with Gasteiger partial charge in [-0.15, -0.1) is 0 Å². The molecule has 43 heavy (non-hydrogen) atoms. The van der Waals surface area contributed by atoms with Crippen LogP contribution >= 0.6 is 0 Å². The molecule has 0 fully saturated rings. The molecule has 0 saturated carbocycles. The number of phenols is 1. The van der Waals surface area contributed by atoms with E-state index in [9.17, 15) is 27.9 Å². The van der Waals surface area contributed by atoms with Gasteiger partial charge >= 0.3 is 6.18 Å². The van der Waals surface area contributed by atoms with Crippen molar-refractivity contribution in [3.63, 3.8) is 0 Å². The molecule has 2 amide bonds. The van der Waals surface area contributed by atoms with Crippen molar-refractivity contribution in [3.8, 4) is 23.0 Å². The van der Waals surface area contributed by atoms with Gasteiger partial charge in [0, 0.05) is 19.3 Å². The van der Waals surface area contributed by atoms with Crippen LogP contribution in [-0.4, -0.2) is 46.5 Å². The first kappa shape index (κ1) is 28.1. The molecule has 8 nitrogen and oxygen atoms in total. The van der Waals surface area contributed by atoms with E-state index in [1.807, 2.05) is 30.3 Å². The smallest absolute Gasteiger partial charge is 0.433 e. The number of hydrogen-bond donors (Lipinski definition) is 2. The van der Waals surface area contributed by atoms with E-state index in [1.165, 1.54) is 12.1 Å². The van der Waals surface area contributed by atoms with Gasteiger partial charge in [-0.1, -0.05) is 18.2 Å². The Morgan fingerprint density at radius 1 is 1.00 bits per heavy atom. The van der Waals surface area contributed by atoms with E-state index in [0.717, 1.165) is 35.0 Å². The minimum atomic E-state index is -4.61. The highest BCUT2D eigenvalue weighted by Crippen LogP contribution is 2.40. The van der Waals surface area contributed by atoms with Crippen molar-refractivity contribution in [1.82, 2.24) is 15.2 Å².